The number of nitrogens with one attached hydrogen (secondary N) is 3. The monoisotopic (exact) mass is 491 g/mol. The molecule has 3 saturated carbocycles. The lowest BCUT2D eigenvalue weighted by atomic mass is 9.39. The summed E-state index contributed by atoms with van der Waals surface area (Å²) in [5.74, 6) is -2.16. The molecule has 4 fully saturated rings. The van der Waals surface area contributed by atoms with Crippen LogP contribution in [0.5, 0.6) is 5.75 Å². The van der Waals surface area contributed by atoms with Crippen molar-refractivity contribution < 1.29 is 31.9 Å². The number of rotatable bonds is 8. The van der Waals surface area contributed by atoms with Gasteiger partial charge in [0.2, 0.25) is 5.91 Å². The van der Waals surface area contributed by atoms with Gasteiger partial charge in [0.25, 0.3) is 5.91 Å². The number of carbonyl (C=O) groups is 2. The minimum atomic E-state index is -4.17. The number of hydrogen-bond donors (Lipinski definition) is 3. The van der Waals surface area contributed by atoms with Crippen LogP contribution in [0.3, 0.4) is 0 Å². The molecule has 33 heavy (non-hydrogen) atoms. The Morgan fingerprint density at radius 2 is 1.94 bits per heavy atom. The molecule has 0 spiro atoms. The van der Waals surface area contributed by atoms with Crippen molar-refractivity contribution in [3.63, 3.8) is 0 Å². The molecule has 0 aromatic heterocycles. The van der Waals surface area contributed by atoms with Gasteiger partial charge in [-0.05, 0) is 50.7 Å². The number of benzene rings is 1. The Hall–Kier alpha value is -2.07. The molecule has 4 aliphatic rings. The van der Waals surface area contributed by atoms with Gasteiger partial charge in [-0.25, -0.2) is 4.39 Å². The fourth-order valence-electron chi connectivity index (χ4n) is 5.20. The molecule has 5 rings (SSSR count). The second kappa shape index (κ2) is 8.94. The summed E-state index contributed by atoms with van der Waals surface area (Å²) in [4.78, 5) is 24.7. The summed E-state index contributed by atoms with van der Waals surface area (Å²) in [7, 11) is 0. The van der Waals surface area contributed by atoms with Crippen molar-refractivity contribution in [2.75, 3.05) is 19.7 Å². The zero-order valence-electron chi connectivity index (χ0n) is 17.9. The van der Waals surface area contributed by atoms with E-state index in [0.717, 1.165) is 6.07 Å². The topological polar surface area (TPSA) is 79.5 Å². The zero-order chi connectivity index (χ0) is 23.9. The zero-order valence-corrected chi connectivity index (χ0v) is 18.6. The number of carbonyl (C=O) groups excluding carboxylic acids is 2. The minimum Gasteiger partial charge on any atom is -0.484 e. The first kappa shape index (κ1) is 24.1. The summed E-state index contributed by atoms with van der Waals surface area (Å²) in [6.07, 6.45) is -1.41. The molecule has 11 heteroatoms. The van der Waals surface area contributed by atoms with Gasteiger partial charge in [-0.15, -0.1) is 0 Å². The Kier molecular flexibility index (Phi) is 6.52. The van der Waals surface area contributed by atoms with E-state index in [1.807, 2.05) is 0 Å². The molecule has 1 heterocycles. The summed E-state index contributed by atoms with van der Waals surface area (Å²) in [6, 6.07) is 3.89. The molecule has 182 valence electrons. The van der Waals surface area contributed by atoms with Crippen LogP contribution in [0.15, 0.2) is 18.2 Å². The fourth-order valence-corrected chi connectivity index (χ4v) is 5.31. The van der Waals surface area contributed by atoms with E-state index in [1.54, 1.807) is 0 Å². The third kappa shape index (κ3) is 5.21. The molecule has 2 bridgehead atoms. The quantitative estimate of drug-likeness (QED) is 0.487. The molecule has 1 saturated heterocycles. The first-order chi connectivity index (χ1) is 15.5. The van der Waals surface area contributed by atoms with Crippen LogP contribution in [-0.4, -0.2) is 49.3 Å². The number of piperidine rings is 1. The van der Waals surface area contributed by atoms with Gasteiger partial charge >= 0.3 is 6.18 Å². The van der Waals surface area contributed by atoms with Gasteiger partial charge in [-0.3, -0.25) is 9.59 Å². The van der Waals surface area contributed by atoms with E-state index in [-0.39, 0.29) is 48.2 Å². The Balaban J connectivity index is 1.12. The number of halogens is 5. The summed E-state index contributed by atoms with van der Waals surface area (Å²) in [5.41, 5.74) is -0.880. The molecule has 6 nitrogen and oxygen atoms in total. The van der Waals surface area contributed by atoms with E-state index in [4.69, 9.17) is 16.3 Å². The van der Waals surface area contributed by atoms with Crippen molar-refractivity contribution in [1.29, 1.82) is 0 Å². The van der Waals surface area contributed by atoms with Gasteiger partial charge in [-0.2, -0.15) is 13.2 Å². The molecule has 1 aromatic carbocycles. The molecule has 3 N–H and O–H groups in total. The van der Waals surface area contributed by atoms with Crippen molar-refractivity contribution in [3.8, 4) is 5.75 Å². The van der Waals surface area contributed by atoms with Crippen molar-refractivity contribution in [2.45, 2.75) is 56.3 Å². The van der Waals surface area contributed by atoms with Crippen LogP contribution in [-0.2, 0) is 9.59 Å². The van der Waals surface area contributed by atoms with Crippen molar-refractivity contribution >= 4 is 23.4 Å². The maximum Gasteiger partial charge on any atom is 0.393 e. The molecule has 1 aromatic rings. The number of hydrogen-bond acceptors (Lipinski definition) is 4. The van der Waals surface area contributed by atoms with Gasteiger partial charge in [0.1, 0.15) is 11.6 Å². The van der Waals surface area contributed by atoms with Crippen LogP contribution in [0.4, 0.5) is 17.6 Å². The SMILES string of the molecule is O=C(COc1ccc(Cl)c(F)c1)NC12CC(C(=O)NCCC3CCC(C(F)(F)F)CN3)(C1)C2. The smallest absolute Gasteiger partial charge is 0.393 e. The number of amides is 2. The van der Waals surface area contributed by atoms with E-state index in [0.29, 0.717) is 38.6 Å². The Labute approximate surface area is 193 Å². The van der Waals surface area contributed by atoms with Crippen molar-refractivity contribution in [3.05, 3.63) is 29.0 Å². The molecule has 0 radical (unpaired) electrons. The first-order valence-electron chi connectivity index (χ1n) is 11.0. The second-order valence-corrected chi connectivity index (χ2v) is 9.88. The predicted octanol–water partition coefficient (Wildman–Crippen LogP) is 3.33. The van der Waals surface area contributed by atoms with Gasteiger partial charge in [-0.1, -0.05) is 11.6 Å². The average Bonchev–Trinajstić information content (AvgIpc) is 2.70. The van der Waals surface area contributed by atoms with Gasteiger partial charge in [0.15, 0.2) is 6.61 Å². The van der Waals surface area contributed by atoms with Crippen LogP contribution in [0.2, 0.25) is 5.02 Å². The molecule has 3 aliphatic carbocycles. The highest BCUT2D eigenvalue weighted by Crippen LogP contribution is 2.67. The Morgan fingerprint density at radius 1 is 1.21 bits per heavy atom. The van der Waals surface area contributed by atoms with Gasteiger partial charge < -0.3 is 20.7 Å². The molecular formula is C22H26ClF4N3O3. The van der Waals surface area contributed by atoms with E-state index >= 15 is 0 Å². The van der Waals surface area contributed by atoms with E-state index < -0.39 is 28.9 Å². The maximum atomic E-state index is 13.4. The largest absolute Gasteiger partial charge is 0.484 e. The maximum absolute atomic E-state index is 13.4. The predicted molar refractivity (Wildman–Crippen MR) is 112 cm³/mol. The summed E-state index contributed by atoms with van der Waals surface area (Å²) in [6.45, 7) is 0.0519. The summed E-state index contributed by atoms with van der Waals surface area (Å²) in [5, 5.41) is 8.68. The average molecular weight is 492 g/mol. The van der Waals surface area contributed by atoms with Crippen LogP contribution in [0, 0.1) is 17.2 Å². The molecule has 2 unspecified atom stereocenters. The van der Waals surface area contributed by atoms with E-state index in [2.05, 4.69) is 16.0 Å². The molecule has 1 aliphatic heterocycles. The van der Waals surface area contributed by atoms with Crippen molar-refractivity contribution in [1.82, 2.24) is 16.0 Å². The van der Waals surface area contributed by atoms with Crippen LogP contribution < -0.4 is 20.7 Å². The number of alkyl halides is 3. The molecular weight excluding hydrogens is 466 g/mol. The normalized spacial score (nSPS) is 30.6. The first-order valence-corrected chi connectivity index (χ1v) is 11.4. The van der Waals surface area contributed by atoms with E-state index in [9.17, 15) is 27.2 Å². The Bertz CT molecular complexity index is 899. The van der Waals surface area contributed by atoms with Gasteiger partial charge in [0.05, 0.1) is 16.4 Å². The minimum absolute atomic E-state index is 0.0309. The summed E-state index contributed by atoms with van der Waals surface area (Å²) >= 11 is 5.61. The lowest BCUT2D eigenvalue weighted by Crippen LogP contribution is -2.78. The molecule has 2 amide bonds. The van der Waals surface area contributed by atoms with Gasteiger partial charge in [0, 0.05) is 30.7 Å². The third-order valence-electron chi connectivity index (χ3n) is 6.94. The standard InChI is InChI=1S/C22H26ClF4N3O3/c23-16-4-3-15(7-17(16)24)33-9-18(31)30-21-10-20(11-21,12-21)19(32)28-6-5-14-2-1-13(8-29-14)22(25,26)27/h3-4,7,13-14,29H,1-2,5-6,8-12H2,(H,28,32)(H,30,31). The van der Waals surface area contributed by atoms with Crippen LogP contribution in [0.1, 0.15) is 38.5 Å². The highest BCUT2D eigenvalue weighted by molar-refractivity contribution is 6.30. The fraction of sp³-hybridized carbons (Fsp3) is 0.636. The number of ether oxygens (including phenoxy) is 1. The third-order valence-corrected chi connectivity index (χ3v) is 7.24. The Morgan fingerprint density at radius 3 is 2.55 bits per heavy atom. The molecule has 2 atom stereocenters. The van der Waals surface area contributed by atoms with E-state index in [1.165, 1.54) is 12.1 Å². The lowest BCUT2D eigenvalue weighted by Gasteiger charge is -2.69. The highest BCUT2D eigenvalue weighted by Gasteiger charge is 2.72. The van der Waals surface area contributed by atoms with Crippen LogP contribution >= 0.6 is 11.6 Å². The van der Waals surface area contributed by atoms with Crippen molar-refractivity contribution in [2.24, 2.45) is 11.3 Å². The second-order valence-electron chi connectivity index (χ2n) is 9.47. The lowest BCUT2D eigenvalue weighted by molar-refractivity contribution is -0.184. The summed E-state index contributed by atoms with van der Waals surface area (Å²) < 4.78 is 56.9. The van der Waals surface area contributed by atoms with Crippen LogP contribution in [0.25, 0.3) is 0 Å². The highest BCUT2D eigenvalue weighted by atomic mass is 35.5.